The summed E-state index contributed by atoms with van der Waals surface area (Å²) in [6, 6.07) is 14.6. The van der Waals surface area contributed by atoms with Gasteiger partial charge in [0.1, 0.15) is 0 Å². The molecule has 3 rings (SSSR count). The second-order valence-electron chi connectivity index (χ2n) is 4.80. The van der Waals surface area contributed by atoms with E-state index in [2.05, 4.69) is 34.6 Å². The molecule has 108 valence electrons. The molecule has 2 heterocycles. The van der Waals surface area contributed by atoms with Crippen LogP contribution in [-0.2, 0) is 6.42 Å². The predicted octanol–water partition coefficient (Wildman–Crippen LogP) is 3.22. The average Bonchev–Trinajstić information content (AvgIpc) is 2.96. The number of hydrogen-bond donors (Lipinski definition) is 1. The Hall–Kier alpha value is -2.01. The maximum absolute atomic E-state index is 5.05. The third-order valence-electron chi connectivity index (χ3n) is 3.22. The second kappa shape index (κ2) is 6.63. The van der Waals surface area contributed by atoms with Gasteiger partial charge in [0.15, 0.2) is 5.17 Å². The van der Waals surface area contributed by atoms with E-state index < -0.39 is 0 Å². The smallest absolute Gasteiger partial charge is 0.213 e. The van der Waals surface area contributed by atoms with Crippen LogP contribution in [-0.4, -0.2) is 29.1 Å². The van der Waals surface area contributed by atoms with Gasteiger partial charge in [-0.3, -0.25) is 4.99 Å². The molecule has 1 aromatic carbocycles. The summed E-state index contributed by atoms with van der Waals surface area (Å²) in [5.41, 5.74) is 2.27. The number of hydrogen-bond acceptors (Lipinski definition) is 5. The topological polar surface area (TPSA) is 46.5 Å². The monoisotopic (exact) mass is 299 g/mol. The van der Waals surface area contributed by atoms with Gasteiger partial charge in [-0.15, -0.1) is 0 Å². The number of amidine groups is 1. The standard InChI is InChI=1S/C16H17N3OS/c1-20-15-8-7-13(10-17-15)18-16-19-14(11-21-16)9-12-5-3-2-4-6-12/h2-8,10,14H,9,11H2,1H3,(H,18,19). The Kier molecular flexibility index (Phi) is 4.40. The first-order valence-corrected chi connectivity index (χ1v) is 7.83. The Labute approximate surface area is 128 Å². The third-order valence-corrected chi connectivity index (χ3v) is 4.26. The van der Waals surface area contributed by atoms with Crippen molar-refractivity contribution in [3.63, 3.8) is 0 Å². The first kappa shape index (κ1) is 13.9. The Balaban J connectivity index is 1.60. The zero-order valence-corrected chi connectivity index (χ0v) is 12.6. The maximum atomic E-state index is 5.05. The molecule has 1 aliphatic heterocycles. The molecular weight excluding hydrogens is 282 g/mol. The molecular formula is C16H17N3OS. The molecule has 1 aliphatic rings. The van der Waals surface area contributed by atoms with Crippen molar-refractivity contribution in [3.05, 3.63) is 54.2 Å². The number of anilines is 1. The number of thioether (sulfide) groups is 1. The molecule has 0 radical (unpaired) electrons. The lowest BCUT2D eigenvalue weighted by Gasteiger charge is -2.05. The van der Waals surface area contributed by atoms with Crippen LogP contribution < -0.4 is 10.1 Å². The van der Waals surface area contributed by atoms with Crippen LogP contribution in [0.2, 0.25) is 0 Å². The number of benzene rings is 1. The molecule has 4 nitrogen and oxygen atoms in total. The lowest BCUT2D eigenvalue weighted by atomic mass is 10.1. The number of aromatic nitrogens is 1. The summed E-state index contributed by atoms with van der Waals surface area (Å²) in [6.07, 6.45) is 2.74. The minimum Gasteiger partial charge on any atom is -0.481 e. The summed E-state index contributed by atoms with van der Waals surface area (Å²) in [5.74, 6) is 1.63. The highest BCUT2D eigenvalue weighted by Crippen LogP contribution is 2.23. The summed E-state index contributed by atoms with van der Waals surface area (Å²) < 4.78 is 5.05. The zero-order chi connectivity index (χ0) is 14.5. The van der Waals surface area contributed by atoms with Gasteiger partial charge in [0, 0.05) is 11.8 Å². The normalized spacial score (nSPS) is 17.4. The lowest BCUT2D eigenvalue weighted by Crippen LogP contribution is -2.08. The number of pyridine rings is 1. The van der Waals surface area contributed by atoms with Crippen molar-refractivity contribution in [2.45, 2.75) is 12.5 Å². The Morgan fingerprint density at radius 2 is 2.10 bits per heavy atom. The van der Waals surface area contributed by atoms with Gasteiger partial charge in [0.2, 0.25) is 5.88 Å². The number of ether oxygens (including phenoxy) is 1. The molecule has 1 unspecified atom stereocenters. The van der Waals surface area contributed by atoms with Crippen LogP contribution in [0.1, 0.15) is 5.56 Å². The number of nitrogens with zero attached hydrogens (tertiary/aromatic N) is 2. The summed E-state index contributed by atoms with van der Waals surface area (Å²) in [4.78, 5) is 8.91. The van der Waals surface area contributed by atoms with Crippen molar-refractivity contribution < 1.29 is 4.74 Å². The lowest BCUT2D eigenvalue weighted by molar-refractivity contribution is 0.398. The van der Waals surface area contributed by atoms with E-state index in [-0.39, 0.29) is 0 Å². The highest BCUT2D eigenvalue weighted by Gasteiger charge is 2.18. The summed E-state index contributed by atoms with van der Waals surface area (Å²) in [5, 5.41) is 4.26. The Bertz CT molecular complexity index is 613. The molecule has 0 fully saturated rings. The highest BCUT2D eigenvalue weighted by atomic mass is 32.2. The summed E-state index contributed by atoms with van der Waals surface area (Å²) in [7, 11) is 1.61. The molecule has 5 heteroatoms. The van der Waals surface area contributed by atoms with Crippen molar-refractivity contribution in [1.29, 1.82) is 0 Å². The van der Waals surface area contributed by atoms with Crippen LogP contribution in [0.15, 0.2) is 53.7 Å². The fourth-order valence-corrected chi connectivity index (χ4v) is 3.13. The van der Waals surface area contributed by atoms with E-state index in [4.69, 9.17) is 9.73 Å². The molecule has 0 amide bonds. The van der Waals surface area contributed by atoms with Crippen LogP contribution in [0.3, 0.4) is 0 Å². The molecule has 1 N–H and O–H groups in total. The van der Waals surface area contributed by atoms with Gasteiger partial charge in [-0.2, -0.15) is 0 Å². The Morgan fingerprint density at radius 1 is 1.24 bits per heavy atom. The van der Waals surface area contributed by atoms with Gasteiger partial charge >= 0.3 is 0 Å². The number of methoxy groups -OCH3 is 1. The van der Waals surface area contributed by atoms with E-state index in [0.29, 0.717) is 11.9 Å². The summed E-state index contributed by atoms with van der Waals surface area (Å²) >= 11 is 1.75. The molecule has 21 heavy (non-hydrogen) atoms. The van der Waals surface area contributed by atoms with Gasteiger partial charge in [-0.05, 0) is 18.1 Å². The molecule has 0 bridgehead atoms. The van der Waals surface area contributed by atoms with Crippen molar-refractivity contribution in [2.24, 2.45) is 4.99 Å². The largest absolute Gasteiger partial charge is 0.481 e. The molecule has 0 saturated heterocycles. The van der Waals surface area contributed by atoms with Crippen LogP contribution in [0.5, 0.6) is 5.88 Å². The quantitative estimate of drug-likeness (QED) is 0.941. The molecule has 2 aromatic rings. The second-order valence-corrected chi connectivity index (χ2v) is 5.81. The van der Waals surface area contributed by atoms with E-state index >= 15 is 0 Å². The number of aliphatic imine (C=N–C) groups is 1. The van der Waals surface area contributed by atoms with Gasteiger partial charge in [0.05, 0.1) is 25.0 Å². The number of nitrogens with one attached hydrogen (secondary N) is 1. The van der Waals surface area contributed by atoms with Crippen LogP contribution in [0, 0.1) is 0 Å². The van der Waals surface area contributed by atoms with Gasteiger partial charge in [-0.1, -0.05) is 42.1 Å². The average molecular weight is 299 g/mol. The minimum atomic E-state index is 0.339. The van der Waals surface area contributed by atoms with Gasteiger partial charge < -0.3 is 10.1 Å². The van der Waals surface area contributed by atoms with Crippen molar-refractivity contribution in [2.75, 3.05) is 18.2 Å². The van der Waals surface area contributed by atoms with Gasteiger partial charge in [-0.25, -0.2) is 4.98 Å². The fourth-order valence-electron chi connectivity index (χ4n) is 2.17. The maximum Gasteiger partial charge on any atom is 0.213 e. The molecule has 1 aromatic heterocycles. The highest BCUT2D eigenvalue weighted by molar-refractivity contribution is 8.14. The van der Waals surface area contributed by atoms with E-state index in [1.165, 1.54) is 5.56 Å². The molecule has 1 atom stereocenters. The van der Waals surface area contributed by atoms with Crippen LogP contribution in [0.25, 0.3) is 0 Å². The molecule has 0 aliphatic carbocycles. The molecule has 0 saturated carbocycles. The minimum absolute atomic E-state index is 0.339. The van der Waals surface area contributed by atoms with Crippen LogP contribution in [0.4, 0.5) is 5.69 Å². The van der Waals surface area contributed by atoms with Crippen molar-refractivity contribution in [3.8, 4) is 5.88 Å². The van der Waals surface area contributed by atoms with E-state index in [1.807, 2.05) is 18.2 Å². The zero-order valence-electron chi connectivity index (χ0n) is 11.8. The van der Waals surface area contributed by atoms with Crippen molar-refractivity contribution >= 4 is 22.6 Å². The van der Waals surface area contributed by atoms with E-state index in [9.17, 15) is 0 Å². The van der Waals surface area contributed by atoms with Gasteiger partial charge in [0.25, 0.3) is 0 Å². The number of rotatable bonds is 4. The van der Waals surface area contributed by atoms with Crippen LogP contribution >= 0.6 is 11.8 Å². The third kappa shape index (κ3) is 3.76. The summed E-state index contributed by atoms with van der Waals surface area (Å²) in [6.45, 7) is 0. The Morgan fingerprint density at radius 3 is 2.81 bits per heavy atom. The predicted molar refractivity (Wildman–Crippen MR) is 88.2 cm³/mol. The first-order valence-electron chi connectivity index (χ1n) is 6.85. The van der Waals surface area contributed by atoms with E-state index in [1.54, 1.807) is 25.1 Å². The van der Waals surface area contributed by atoms with Crippen molar-refractivity contribution in [1.82, 2.24) is 4.98 Å². The SMILES string of the molecule is COc1ccc(NC2=NC(Cc3ccccc3)CS2)cn1. The molecule has 0 spiro atoms. The first-order chi connectivity index (χ1) is 10.3. The van der Waals surface area contributed by atoms with E-state index in [0.717, 1.165) is 23.0 Å². The fraction of sp³-hybridized carbons (Fsp3) is 0.250.